The molecule has 16 heavy (non-hydrogen) atoms. The van der Waals surface area contributed by atoms with Gasteiger partial charge in [0.1, 0.15) is 0 Å². The number of aliphatic hydroxyl groups is 1. The molecule has 0 aliphatic heterocycles. The zero-order valence-electron chi connectivity index (χ0n) is 9.60. The molecule has 3 heteroatoms. The first-order valence-electron chi connectivity index (χ1n) is 5.28. The van der Waals surface area contributed by atoms with E-state index < -0.39 is 0 Å². The van der Waals surface area contributed by atoms with Gasteiger partial charge in [0.25, 0.3) is 0 Å². The molecule has 0 aliphatic carbocycles. The van der Waals surface area contributed by atoms with Crippen molar-refractivity contribution < 1.29 is 9.90 Å². The molecule has 0 heterocycles. The van der Waals surface area contributed by atoms with Crippen molar-refractivity contribution in [2.24, 2.45) is 0 Å². The molecule has 1 atom stereocenters. The van der Waals surface area contributed by atoms with Crippen LogP contribution in [0.3, 0.4) is 0 Å². The van der Waals surface area contributed by atoms with Gasteiger partial charge < -0.3 is 10.4 Å². The summed E-state index contributed by atoms with van der Waals surface area (Å²) in [4.78, 5) is 11.4. The van der Waals surface area contributed by atoms with Crippen molar-refractivity contribution in [3.8, 4) is 0 Å². The molecule has 1 amide bonds. The van der Waals surface area contributed by atoms with E-state index in [1.807, 2.05) is 31.2 Å². The number of hydrogen-bond donors (Lipinski definition) is 2. The molecule has 0 radical (unpaired) electrons. The molecule has 1 aromatic carbocycles. The van der Waals surface area contributed by atoms with Crippen molar-refractivity contribution in [3.63, 3.8) is 0 Å². The van der Waals surface area contributed by atoms with E-state index in [2.05, 4.69) is 5.32 Å². The average molecular weight is 219 g/mol. The second-order valence-electron chi connectivity index (χ2n) is 3.78. The Hall–Kier alpha value is -1.61. The summed E-state index contributed by atoms with van der Waals surface area (Å²) in [6.45, 7) is 3.69. The summed E-state index contributed by atoms with van der Waals surface area (Å²) in [5, 5.41) is 11.4. The maximum atomic E-state index is 11.4. The van der Waals surface area contributed by atoms with E-state index in [-0.39, 0.29) is 18.6 Å². The zero-order chi connectivity index (χ0) is 12.0. The summed E-state index contributed by atoms with van der Waals surface area (Å²) in [6, 6.07) is 7.62. The molecule has 2 N–H and O–H groups in total. The van der Waals surface area contributed by atoms with Crippen LogP contribution in [-0.4, -0.2) is 23.7 Å². The van der Waals surface area contributed by atoms with E-state index in [9.17, 15) is 4.79 Å². The lowest BCUT2D eigenvalue weighted by molar-refractivity contribution is -0.117. The Bertz CT molecular complexity index is 385. The zero-order valence-corrected chi connectivity index (χ0v) is 9.60. The lowest BCUT2D eigenvalue weighted by atomic mass is 10.1. The van der Waals surface area contributed by atoms with Crippen LogP contribution in [0.2, 0.25) is 0 Å². The van der Waals surface area contributed by atoms with Gasteiger partial charge in [-0.3, -0.25) is 4.79 Å². The number of hydrogen-bond acceptors (Lipinski definition) is 2. The quantitative estimate of drug-likeness (QED) is 0.754. The summed E-state index contributed by atoms with van der Waals surface area (Å²) in [5.74, 6) is -0.190. The number of rotatable bonds is 4. The van der Waals surface area contributed by atoms with Crippen molar-refractivity contribution >= 4 is 12.0 Å². The summed E-state index contributed by atoms with van der Waals surface area (Å²) >= 11 is 0. The molecule has 0 bridgehead atoms. The van der Waals surface area contributed by atoms with E-state index in [4.69, 9.17) is 5.11 Å². The molecule has 1 aromatic rings. The maximum absolute atomic E-state index is 11.4. The minimum atomic E-state index is -0.214. The van der Waals surface area contributed by atoms with Gasteiger partial charge in [-0.1, -0.05) is 24.3 Å². The molecule has 0 saturated heterocycles. The van der Waals surface area contributed by atoms with Crippen LogP contribution in [0.15, 0.2) is 30.3 Å². The van der Waals surface area contributed by atoms with E-state index in [0.717, 1.165) is 11.1 Å². The Morgan fingerprint density at radius 2 is 2.19 bits per heavy atom. The highest BCUT2D eigenvalue weighted by atomic mass is 16.3. The first kappa shape index (κ1) is 12.5. The molecule has 0 saturated carbocycles. The first-order valence-corrected chi connectivity index (χ1v) is 5.28. The van der Waals surface area contributed by atoms with Crippen molar-refractivity contribution in [3.05, 3.63) is 41.5 Å². The summed E-state index contributed by atoms with van der Waals surface area (Å²) in [5.41, 5.74) is 2.15. The number of aliphatic hydroxyl groups excluding tert-OH is 1. The average Bonchev–Trinajstić information content (AvgIpc) is 2.28. The van der Waals surface area contributed by atoms with Gasteiger partial charge in [-0.05, 0) is 31.1 Å². The molecular formula is C13H17NO2. The molecule has 0 unspecified atom stereocenters. The number of nitrogens with one attached hydrogen (secondary N) is 1. The molecule has 0 aliphatic rings. The van der Waals surface area contributed by atoms with Gasteiger partial charge in [0, 0.05) is 12.1 Å². The Balaban J connectivity index is 2.60. The third-order valence-electron chi connectivity index (χ3n) is 2.27. The molecular weight excluding hydrogens is 202 g/mol. The van der Waals surface area contributed by atoms with Crippen LogP contribution in [0.4, 0.5) is 0 Å². The van der Waals surface area contributed by atoms with Crippen LogP contribution < -0.4 is 5.32 Å². The van der Waals surface area contributed by atoms with Gasteiger partial charge in [0.05, 0.1) is 6.61 Å². The Morgan fingerprint density at radius 1 is 1.50 bits per heavy atom. The monoisotopic (exact) mass is 219 g/mol. The standard InChI is InChI=1S/C13H17NO2/c1-10-5-3-4-6-12(10)7-8-13(16)14-11(2)9-15/h3-8,11,15H,9H2,1-2H3,(H,14,16)/b8-7+/t11-/m0/s1. The summed E-state index contributed by atoms with van der Waals surface area (Å²) in [7, 11) is 0. The molecule has 0 spiro atoms. The van der Waals surface area contributed by atoms with Gasteiger partial charge in [0.2, 0.25) is 5.91 Å². The molecule has 3 nitrogen and oxygen atoms in total. The van der Waals surface area contributed by atoms with Gasteiger partial charge in [-0.15, -0.1) is 0 Å². The molecule has 0 fully saturated rings. The highest BCUT2D eigenvalue weighted by Crippen LogP contribution is 2.08. The smallest absolute Gasteiger partial charge is 0.244 e. The molecule has 1 rings (SSSR count). The predicted molar refractivity (Wildman–Crippen MR) is 64.9 cm³/mol. The fourth-order valence-electron chi connectivity index (χ4n) is 1.28. The summed E-state index contributed by atoms with van der Waals surface area (Å²) in [6.07, 6.45) is 3.25. The fourth-order valence-corrected chi connectivity index (χ4v) is 1.28. The van der Waals surface area contributed by atoms with E-state index in [1.165, 1.54) is 6.08 Å². The van der Waals surface area contributed by atoms with Gasteiger partial charge in [-0.2, -0.15) is 0 Å². The first-order chi connectivity index (χ1) is 7.63. The molecule has 0 aromatic heterocycles. The number of benzene rings is 1. The summed E-state index contributed by atoms with van der Waals surface area (Å²) < 4.78 is 0. The second-order valence-corrected chi connectivity index (χ2v) is 3.78. The second kappa shape index (κ2) is 6.08. The van der Waals surface area contributed by atoms with Crippen molar-refractivity contribution in [2.45, 2.75) is 19.9 Å². The Kier molecular flexibility index (Phi) is 4.73. The van der Waals surface area contributed by atoms with Crippen molar-refractivity contribution in [1.29, 1.82) is 0 Å². The number of carbonyl (C=O) groups excluding carboxylic acids is 1. The number of aryl methyl sites for hydroxylation is 1. The van der Waals surface area contributed by atoms with Crippen LogP contribution in [-0.2, 0) is 4.79 Å². The fraction of sp³-hybridized carbons (Fsp3) is 0.308. The van der Waals surface area contributed by atoms with E-state index >= 15 is 0 Å². The van der Waals surface area contributed by atoms with Crippen molar-refractivity contribution in [1.82, 2.24) is 5.32 Å². The van der Waals surface area contributed by atoms with E-state index in [0.29, 0.717) is 0 Å². The number of amides is 1. The van der Waals surface area contributed by atoms with Crippen LogP contribution >= 0.6 is 0 Å². The minimum Gasteiger partial charge on any atom is -0.394 e. The van der Waals surface area contributed by atoms with Gasteiger partial charge in [0.15, 0.2) is 0 Å². The lowest BCUT2D eigenvalue weighted by Gasteiger charge is -2.07. The lowest BCUT2D eigenvalue weighted by Crippen LogP contribution is -2.33. The normalized spacial score (nSPS) is 12.7. The maximum Gasteiger partial charge on any atom is 0.244 e. The third-order valence-corrected chi connectivity index (χ3v) is 2.27. The van der Waals surface area contributed by atoms with Gasteiger partial charge in [-0.25, -0.2) is 0 Å². The topological polar surface area (TPSA) is 49.3 Å². The molecule has 86 valence electrons. The highest BCUT2D eigenvalue weighted by molar-refractivity contribution is 5.92. The largest absolute Gasteiger partial charge is 0.394 e. The van der Waals surface area contributed by atoms with Gasteiger partial charge >= 0.3 is 0 Å². The van der Waals surface area contributed by atoms with Crippen LogP contribution in [0, 0.1) is 6.92 Å². The highest BCUT2D eigenvalue weighted by Gasteiger charge is 2.01. The Labute approximate surface area is 95.8 Å². The van der Waals surface area contributed by atoms with Crippen LogP contribution in [0.25, 0.3) is 6.08 Å². The number of carbonyl (C=O) groups is 1. The van der Waals surface area contributed by atoms with Crippen molar-refractivity contribution in [2.75, 3.05) is 6.61 Å². The van der Waals surface area contributed by atoms with Crippen LogP contribution in [0.1, 0.15) is 18.1 Å². The third kappa shape index (κ3) is 3.87. The Morgan fingerprint density at radius 3 is 2.81 bits per heavy atom. The SMILES string of the molecule is Cc1ccccc1/C=C/C(=O)N[C@@H](C)CO. The minimum absolute atomic E-state index is 0.0516. The van der Waals surface area contributed by atoms with Crippen LogP contribution in [0.5, 0.6) is 0 Å². The predicted octanol–water partition coefficient (Wildman–Crippen LogP) is 1.51. The van der Waals surface area contributed by atoms with E-state index in [1.54, 1.807) is 13.0 Å².